The van der Waals surface area contributed by atoms with Crippen LogP contribution in [0.1, 0.15) is 0 Å². The first-order chi connectivity index (χ1) is 6.74. The number of hydrogen-bond acceptors (Lipinski definition) is 5. The molecule has 0 bridgehead atoms. The van der Waals surface area contributed by atoms with Gasteiger partial charge < -0.3 is 11.1 Å². The molecule has 1 heterocycles. The number of benzene rings is 1. The molecule has 2 rings (SSSR count). The van der Waals surface area contributed by atoms with E-state index in [0.717, 1.165) is 5.69 Å². The summed E-state index contributed by atoms with van der Waals surface area (Å²) in [6.07, 6.45) is -0.420. The summed E-state index contributed by atoms with van der Waals surface area (Å²) in [6.45, 7) is 0. The van der Waals surface area contributed by atoms with E-state index in [0.29, 0.717) is 5.02 Å². The summed E-state index contributed by atoms with van der Waals surface area (Å²) in [4.78, 5) is 3.92. The number of aliphatic imine (C=N–C) groups is 1. The zero-order valence-electron chi connectivity index (χ0n) is 7.18. The predicted octanol–water partition coefficient (Wildman–Crippen LogP) is 1.82. The summed E-state index contributed by atoms with van der Waals surface area (Å²) in [6, 6.07) is 7.23. The van der Waals surface area contributed by atoms with Crippen molar-refractivity contribution < 1.29 is 0 Å². The van der Waals surface area contributed by atoms with Crippen molar-refractivity contribution in [3.05, 3.63) is 29.3 Å². The standard InChI is InChI=1S/C8H8ClN5/c9-5-1-3-6(4-2-5)11-8-12-7(10)13-14-8/h1-4,8,11H,(H2,10,12)/t8-/m0/s1. The lowest BCUT2D eigenvalue weighted by atomic mass is 10.3. The van der Waals surface area contributed by atoms with Crippen molar-refractivity contribution in [3.8, 4) is 0 Å². The molecule has 72 valence electrons. The number of rotatable bonds is 2. The first-order valence-corrected chi connectivity index (χ1v) is 4.38. The van der Waals surface area contributed by atoms with Crippen LogP contribution in [0.4, 0.5) is 5.69 Å². The number of guanidine groups is 1. The Hall–Kier alpha value is -1.62. The van der Waals surface area contributed by atoms with E-state index in [1.165, 1.54) is 0 Å². The van der Waals surface area contributed by atoms with Crippen LogP contribution >= 0.6 is 11.6 Å². The zero-order chi connectivity index (χ0) is 9.97. The Balaban J connectivity index is 2.05. The Morgan fingerprint density at radius 3 is 2.57 bits per heavy atom. The van der Waals surface area contributed by atoms with E-state index in [4.69, 9.17) is 17.3 Å². The Kier molecular flexibility index (Phi) is 2.32. The lowest BCUT2D eigenvalue weighted by Crippen LogP contribution is -2.13. The van der Waals surface area contributed by atoms with Crippen LogP contribution in [-0.4, -0.2) is 12.2 Å². The molecule has 1 aliphatic heterocycles. The Labute approximate surface area is 85.7 Å². The van der Waals surface area contributed by atoms with Crippen molar-refractivity contribution in [2.24, 2.45) is 21.0 Å². The molecule has 0 fully saturated rings. The van der Waals surface area contributed by atoms with Crippen LogP contribution in [0.3, 0.4) is 0 Å². The molecule has 1 atom stereocenters. The molecule has 0 saturated carbocycles. The third kappa shape index (κ3) is 2.00. The van der Waals surface area contributed by atoms with Crippen molar-refractivity contribution in [2.45, 2.75) is 6.29 Å². The lowest BCUT2D eigenvalue weighted by molar-refractivity contribution is 0.804. The Morgan fingerprint density at radius 2 is 2.00 bits per heavy atom. The quantitative estimate of drug-likeness (QED) is 0.780. The van der Waals surface area contributed by atoms with Crippen molar-refractivity contribution in [2.75, 3.05) is 5.32 Å². The highest BCUT2D eigenvalue weighted by Crippen LogP contribution is 2.15. The maximum absolute atomic E-state index is 5.73. The number of anilines is 1. The van der Waals surface area contributed by atoms with E-state index in [1.54, 1.807) is 12.1 Å². The summed E-state index contributed by atoms with van der Waals surface area (Å²) < 4.78 is 0. The van der Waals surface area contributed by atoms with Gasteiger partial charge in [0.25, 0.3) is 0 Å². The molecule has 0 saturated heterocycles. The molecule has 1 aliphatic rings. The molecule has 6 heteroatoms. The van der Waals surface area contributed by atoms with Crippen molar-refractivity contribution in [1.29, 1.82) is 0 Å². The van der Waals surface area contributed by atoms with Crippen LogP contribution in [0, 0.1) is 0 Å². The SMILES string of the molecule is NC1=N[C@H](Nc2ccc(Cl)cc2)N=N1. The number of halogens is 1. The maximum atomic E-state index is 5.73. The smallest absolute Gasteiger partial charge is 0.238 e. The molecule has 0 amide bonds. The second-order valence-electron chi connectivity index (χ2n) is 2.73. The fourth-order valence-corrected chi connectivity index (χ4v) is 1.17. The van der Waals surface area contributed by atoms with Crippen LogP contribution < -0.4 is 11.1 Å². The van der Waals surface area contributed by atoms with Gasteiger partial charge >= 0.3 is 0 Å². The average Bonchev–Trinajstić information content (AvgIpc) is 2.56. The third-order valence-electron chi connectivity index (χ3n) is 1.66. The molecule has 0 unspecified atom stereocenters. The van der Waals surface area contributed by atoms with Gasteiger partial charge in [-0.15, -0.1) is 10.2 Å². The van der Waals surface area contributed by atoms with E-state index in [-0.39, 0.29) is 5.96 Å². The second-order valence-corrected chi connectivity index (χ2v) is 3.16. The summed E-state index contributed by atoms with van der Waals surface area (Å²) in [5.74, 6) is 0.191. The largest absolute Gasteiger partial charge is 0.367 e. The van der Waals surface area contributed by atoms with E-state index in [1.807, 2.05) is 12.1 Å². The first kappa shape index (κ1) is 8.96. The van der Waals surface area contributed by atoms with Crippen LogP contribution in [0.25, 0.3) is 0 Å². The molecular weight excluding hydrogens is 202 g/mol. The van der Waals surface area contributed by atoms with Gasteiger partial charge in [-0.2, -0.15) is 0 Å². The maximum Gasteiger partial charge on any atom is 0.238 e. The summed E-state index contributed by atoms with van der Waals surface area (Å²) >= 11 is 5.73. The number of azo groups is 1. The van der Waals surface area contributed by atoms with Crippen molar-refractivity contribution >= 4 is 23.2 Å². The minimum atomic E-state index is -0.420. The molecule has 0 aliphatic carbocycles. The molecule has 1 aromatic carbocycles. The van der Waals surface area contributed by atoms with Gasteiger partial charge in [-0.25, -0.2) is 4.99 Å². The normalized spacial score (nSPS) is 19.5. The number of nitrogens with two attached hydrogens (primary N) is 1. The van der Waals surface area contributed by atoms with Crippen LogP contribution in [0.15, 0.2) is 39.5 Å². The predicted molar refractivity (Wildman–Crippen MR) is 55.3 cm³/mol. The minimum Gasteiger partial charge on any atom is -0.367 e. The fourth-order valence-electron chi connectivity index (χ4n) is 1.05. The highest BCUT2D eigenvalue weighted by molar-refractivity contribution is 6.30. The second kappa shape index (κ2) is 3.63. The van der Waals surface area contributed by atoms with Crippen LogP contribution in [0.5, 0.6) is 0 Å². The molecule has 1 aromatic rings. The summed E-state index contributed by atoms with van der Waals surface area (Å²) in [7, 11) is 0. The van der Waals surface area contributed by atoms with Gasteiger partial charge in [-0.05, 0) is 24.3 Å². The monoisotopic (exact) mass is 209 g/mol. The van der Waals surface area contributed by atoms with Gasteiger partial charge in [0.1, 0.15) is 0 Å². The Morgan fingerprint density at radius 1 is 1.29 bits per heavy atom. The van der Waals surface area contributed by atoms with Gasteiger partial charge in [0.15, 0.2) is 0 Å². The van der Waals surface area contributed by atoms with E-state index in [2.05, 4.69) is 20.5 Å². The van der Waals surface area contributed by atoms with Crippen molar-refractivity contribution in [1.82, 2.24) is 0 Å². The van der Waals surface area contributed by atoms with Crippen LogP contribution in [0.2, 0.25) is 5.02 Å². The van der Waals surface area contributed by atoms with E-state index < -0.39 is 6.29 Å². The lowest BCUT2D eigenvalue weighted by Gasteiger charge is -2.06. The topological polar surface area (TPSA) is 75.1 Å². The van der Waals surface area contributed by atoms with Gasteiger partial charge in [0.05, 0.1) is 0 Å². The van der Waals surface area contributed by atoms with Gasteiger partial charge in [0, 0.05) is 10.7 Å². The van der Waals surface area contributed by atoms with Gasteiger partial charge in [-0.1, -0.05) is 11.6 Å². The Bertz CT molecular complexity index is 383. The third-order valence-corrected chi connectivity index (χ3v) is 1.92. The van der Waals surface area contributed by atoms with Crippen LogP contribution in [-0.2, 0) is 0 Å². The minimum absolute atomic E-state index is 0.191. The molecule has 14 heavy (non-hydrogen) atoms. The zero-order valence-corrected chi connectivity index (χ0v) is 7.94. The molecule has 3 N–H and O–H groups in total. The number of nitrogens with zero attached hydrogens (tertiary/aromatic N) is 3. The van der Waals surface area contributed by atoms with E-state index in [9.17, 15) is 0 Å². The summed E-state index contributed by atoms with van der Waals surface area (Å²) in [5.41, 5.74) is 6.20. The fraction of sp³-hybridized carbons (Fsp3) is 0.125. The molecule has 0 aromatic heterocycles. The van der Waals surface area contributed by atoms with Gasteiger partial charge in [0.2, 0.25) is 12.2 Å². The summed E-state index contributed by atoms with van der Waals surface area (Å²) in [5, 5.41) is 11.1. The highest BCUT2D eigenvalue weighted by Gasteiger charge is 2.10. The number of hydrogen-bond donors (Lipinski definition) is 2. The number of nitrogens with one attached hydrogen (secondary N) is 1. The highest BCUT2D eigenvalue weighted by atomic mass is 35.5. The molecule has 0 spiro atoms. The average molecular weight is 210 g/mol. The first-order valence-electron chi connectivity index (χ1n) is 4.00. The van der Waals surface area contributed by atoms with E-state index >= 15 is 0 Å². The molecular formula is C8H8ClN5. The van der Waals surface area contributed by atoms with Gasteiger partial charge in [-0.3, -0.25) is 0 Å². The molecule has 5 nitrogen and oxygen atoms in total. The molecule has 0 radical (unpaired) electrons. The van der Waals surface area contributed by atoms with Crippen molar-refractivity contribution in [3.63, 3.8) is 0 Å².